The Hall–Kier alpha value is -2.42. The van der Waals surface area contributed by atoms with Crippen molar-refractivity contribution in [3.63, 3.8) is 0 Å². The zero-order valence-corrected chi connectivity index (χ0v) is 17.1. The van der Waals surface area contributed by atoms with Crippen molar-refractivity contribution in [2.45, 2.75) is 57.7 Å². The van der Waals surface area contributed by atoms with Crippen LogP contribution in [0.15, 0.2) is 6.33 Å². The molecule has 0 spiro atoms. The number of carbonyl (C=O) groups excluding carboxylic acids is 3. The second-order valence-electron chi connectivity index (χ2n) is 8.25. The Balaban J connectivity index is 1.61. The van der Waals surface area contributed by atoms with Crippen LogP contribution in [-0.2, 0) is 16.1 Å². The lowest BCUT2D eigenvalue weighted by molar-refractivity contribution is -0.133. The molecule has 3 aliphatic rings. The number of aromatic nitrogens is 2. The van der Waals surface area contributed by atoms with Gasteiger partial charge in [0.15, 0.2) is 5.69 Å². The highest BCUT2D eigenvalue weighted by Crippen LogP contribution is 2.30. The van der Waals surface area contributed by atoms with Crippen molar-refractivity contribution < 1.29 is 19.1 Å². The molecule has 1 aromatic rings. The van der Waals surface area contributed by atoms with E-state index in [1.54, 1.807) is 21.3 Å². The Morgan fingerprint density at radius 1 is 1.28 bits per heavy atom. The van der Waals surface area contributed by atoms with Crippen LogP contribution in [0.3, 0.4) is 0 Å². The summed E-state index contributed by atoms with van der Waals surface area (Å²) in [7, 11) is 0. The Kier molecular flexibility index (Phi) is 5.33. The highest BCUT2D eigenvalue weighted by Gasteiger charge is 2.48. The third kappa shape index (κ3) is 3.41. The maximum atomic E-state index is 13.4. The monoisotopic (exact) mass is 403 g/mol. The first-order valence-corrected chi connectivity index (χ1v) is 10.5. The molecule has 1 atom stereocenters. The number of nitrogens with zero attached hydrogens (tertiary/aromatic N) is 4. The lowest BCUT2D eigenvalue weighted by Gasteiger charge is -2.43. The highest BCUT2D eigenvalue weighted by atomic mass is 16.5. The number of carbonyl (C=O) groups is 3. The van der Waals surface area contributed by atoms with Crippen LogP contribution in [0.5, 0.6) is 0 Å². The molecule has 3 heterocycles. The number of amides is 3. The first kappa shape index (κ1) is 19.9. The SMILES string of the molecule is CCN1C(=O)c2c(C(=O)N3CCOCC3)ncn2CC1(C)C(=O)NC1CCCC1. The van der Waals surface area contributed by atoms with E-state index in [2.05, 4.69) is 10.3 Å². The zero-order chi connectivity index (χ0) is 20.6. The Morgan fingerprint density at radius 2 is 1.97 bits per heavy atom. The molecule has 29 heavy (non-hydrogen) atoms. The standard InChI is InChI=1S/C20H29N5O4/c1-3-25-18(27)16-15(17(26)23-8-10-29-11-9-23)21-13-24(16)12-20(25,2)19(28)22-14-6-4-5-7-14/h13-14H,3-12H2,1-2H3,(H,22,28). The largest absolute Gasteiger partial charge is 0.378 e. The number of likely N-dealkylation sites (N-methyl/N-ethyl adjacent to an activating group) is 1. The van der Waals surface area contributed by atoms with E-state index < -0.39 is 5.54 Å². The third-order valence-corrected chi connectivity index (χ3v) is 6.36. The topological polar surface area (TPSA) is 96.8 Å². The lowest BCUT2D eigenvalue weighted by Crippen LogP contribution is -2.64. The molecule has 2 fully saturated rings. The summed E-state index contributed by atoms with van der Waals surface area (Å²) < 4.78 is 6.97. The molecule has 1 unspecified atom stereocenters. The van der Waals surface area contributed by atoms with E-state index in [-0.39, 0.29) is 41.7 Å². The Morgan fingerprint density at radius 3 is 2.62 bits per heavy atom. The van der Waals surface area contributed by atoms with Gasteiger partial charge in [-0.3, -0.25) is 14.4 Å². The molecule has 1 aliphatic carbocycles. The van der Waals surface area contributed by atoms with Crippen LogP contribution in [0.2, 0.25) is 0 Å². The van der Waals surface area contributed by atoms with Crippen LogP contribution in [0.1, 0.15) is 60.5 Å². The van der Waals surface area contributed by atoms with Gasteiger partial charge in [0.1, 0.15) is 11.2 Å². The van der Waals surface area contributed by atoms with Crippen LogP contribution in [0, 0.1) is 0 Å². The van der Waals surface area contributed by atoms with E-state index in [9.17, 15) is 14.4 Å². The van der Waals surface area contributed by atoms with Gasteiger partial charge < -0.3 is 24.4 Å². The van der Waals surface area contributed by atoms with Crippen molar-refractivity contribution in [1.82, 2.24) is 24.7 Å². The van der Waals surface area contributed by atoms with Gasteiger partial charge in [0.2, 0.25) is 5.91 Å². The number of morpholine rings is 1. The van der Waals surface area contributed by atoms with Gasteiger partial charge in [0.05, 0.1) is 26.1 Å². The predicted octanol–water partition coefficient (Wildman–Crippen LogP) is 0.649. The van der Waals surface area contributed by atoms with Gasteiger partial charge >= 0.3 is 0 Å². The van der Waals surface area contributed by atoms with Crippen molar-refractivity contribution in [3.05, 3.63) is 17.7 Å². The number of imidazole rings is 1. The van der Waals surface area contributed by atoms with Gasteiger partial charge in [0, 0.05) is 25.7 Å². The quantitative estimate of drug-likeness (QED) is 0.796. The van der Waals surface area contributed by atoms with Crippen LogP contribution < -0.4 is 5.32 Å². The van der Waals surface area contributed by atoms with Crippen LogP contribution in [-0.4, -0.2) is 81.5 Å². The minimum absolute atomic E-state index is 0.139. The number of ether oxygens (including phenoxy) is 1. The minimum Gasteiger partial charge on any atom is -0.378 e. The van der Waals surface area contributed by atoms with Crippen molar-refractivity contribution in [2.24, 2.45) is 0 Å². The van der Waals surface area contributed by atoms with E-state index in [4.69, 9.17) is 4.74 Å². The summed E-state index contributed by atoms with van der Waals surface area (Å²) in [5, 5.41) is 3.13. The molecule has 1 saturated carbocycles. The van der Waals surface area contributed by atoms with Crippen LogP contribution in [0.25, 0.3) is 0 Å². The lowest BCUT2D eigenvalue weighted by atomic mass is 9.93. The van der Waals surface area contributed by atoms with Gasteiger partial charge in [-0.2, -0.15) is 0 Å². The molecular formula is C20H29N5O4. The molecule has 3 amide bonds. The van der Waals surface area contributed by atoms with Gasteiger partial charge in [-0.05, 0) is 26.7 Å². The smallest absolute Gasteiger partial charge is 0.275 e. The number of hydrogen-bond acceptors (Lipinski definition) is 5. The summed E-state index contributed by atoms with van der Waals surface area (Å²) in [6.45, 7) is 6.25. The summed E-state index contributed by atoms with van der Waals surface area (Å²) in [4.78, 5) is 47.0. The van der Waals surface area contributed by atoms with Gasteiger partial charge in [-0.1, -0.05) is 12.8 Å². The summed E-state index contributed by atoms with van der Waals surface area (Å²) in [6, 6.07) is 0.177. The predicted molar refractivity (Wildman–Crippen MR) is 104 cm³/mol. The average Bonchev–Trinajstić information content (AvgIpc) is 3.38. The Labute approximate surface area is 170 Å². The summed E-state index contributed by atoms with van der Waals surface area (Å²) in [5.41, 5.74) is -0.579. The normalized spacial score (nSPS) is 25.2. The molecule has 0 bridgehead atoms. The summed E-state index contributed by atoms with van der Waals surface area (Å²) in [5.74, 6) is -0.720. The van der Waals surface area contributed by atoms with E-state index in [0.29, 0.717) is 32.8 Å². The Bertz CT molecular complexity index is 810. The summed E-state index contributed by atoms with van der Waals surface area (Å²) >= 11 is 0. The van der Waals surface area contributed by atoms with Crippen molar-refractivity contribution in [2.75, 3.05) is 32.8 Å². The molecule has 1 saturated heterocycles. The van der Waals surface area contributed by atoms with E-state index in [0.717, 1.165) is 25.7 Å². The maximum absolute atomic E-state index is 13.4. The molecule has 1 aromatic heterocycles. The average molecular weight is 403 g/mol. The first-order chi connectivity index (χ1) is 14.0. The van der Waals surface area contributed by atoms with Crippen molar-refractivity contribution in [1.29, 1.82) is 0 Å². The van der Waals surface area contributed by atoms with Gasteiger partial charge in [0.25, 0.3) is 11.8 Å². The highest BCUT2D eigenvalue weighted by molar-refractivity contribution is 6.07. The zero-order valence-electron chi connectivity index (χ0n) is 17.1. The van der Waals surface area contributed by atoms with E-state index in [1.807, 2.05) is 6.92 Å². The molecule has 0 radical (unpaired) electrons. The fraction of sp³-hybridized carbons (Fsp3) is 0.700. The molecule has 2 aliphatic heterocycles. The number of rotatable bonds is 4. The first-order valence-electron chi connectivity index (χ1n) is 10.5. The molecule has 0 aromatic carbocycles. The van der Waals surface area contributed by atoms with Crippen LogP contribution >= 0.6 is 0 Å². The number of fused-ring (bicyclic) bond motifs is 1. The van der Waals surface area contributed by atoms with Crippen LogP contribution in [0.4, 0.5) is 0 Å². The summed E-state index contributed by atoms with van der Waals surface area (Å²) in [6.07, 6.45) is 5.72. The number of nitrogens with one attached hydrogen (secondary N) is 1. The van der Waals surface area contributed by atoms with E-state index >= 15 is 0 Å². The number of hydrogen-bond donors (Lipinski definition) is 1. The van der Waals surface area contributed by atoms with Gasteiger partial charge in [-0.25, -0.2) is 4.98 Å². The minimum atomic E-state index is -1.01. The molecule has 158 valence electrons. The molecule has 1 N–H and O–H groups in total. The fourth-order valence-corrected chi connectivity index (χ4v) is 4.67. The molecule has 9 nitrogen and oxygen atoms in total. The maximum Gasteiger partial charge on any atom is 0.275 e. The molecule has 4 rings (SSSR count). The van der Waals surface area contributed by atoms with Crippen molar-refractivity contribution >= 4 is 17.7 Å². The van der Waals surface area contributed by atoms with Crippen molar-refractivity contribution in [3.8, 4) is 0 Å². The fourth-order valence-electron chi connectivity index (χ4n) is 4.67. The van der Waals surface area contributed by atoms with E-state index in [1.165, 1.54) is 6.33 Å². The molecule has 9 heteroatoms. The second-order valence-corrected chi connectivity index (χ2v) is 8.25. The third-order valence-electron chi connectivity index (χ3n) is 6.36. The van der Waals surface area contributed by atoms with Gasteiger partial charge in [-0.15, -0.1) is 0 Å². The second kappa shape index (κ2) is 7.78. The molecular weight excluding hydrogens is 374 g/mol.